The monoisotopic (exact) mass is 365 g/mol. The first-order valence-corrected chi connectivity index (χ1v) is 8.35. The van der Waals surface area contributed by atoms with Crippen LogP contribution in [-0.2, 0) is 4.79 Å². The first-order chi connectivity index (χ1) is 11.6. The van der Waals surface area contributed by atoms with Gasteiger partial charge in [-0.25, -0.2) is 9.97 Å². The molecule has 1 aliphatic rings. The second-order valence-electron chi connectivity index (χ2n) is 5.51. The topological polar surface area (TPSA) is 61.4 Å². The quantitative estimate of drug-likeness (QED) is 0.901. The van der Waals surface area contributed by atoms with E-state index in [0.29, 0.717) is 16.6 Å². The highest BCUT2D eigenvalue weighted by Gasteiger charge is 2.21. The molecule has 1 aromatic carbocycles. The highest BCUT2D eigenvalue weighted by atomic mass is 35.5. The van der Waals surface area contributed by atoms with Crippen LogP contribution < -0.4 is 10.2 Å². The first-order valence-electron chi connectivity index (χ1n) is 7.60. The van der Waals surface area contributed by atoms with Crippen LogP contribution in [0.5, 0.6) is 0 Å². The van der Waals surface area contributed by atoms with Crippen LogP contribution in [0.2, 0.25) is 10.0 Å². The maximum atomic E-state index is 12.1. The number of carbonyl (C=O) groups excluding carboxylic acids is 1. The first kappa shape index (κ1) is 17.0. The average molecular weight is 366 g/mol. The second-order valence-corrected chi connectivity index (χ2v) is 6.36. The molecule has 8 heteroatoms. The fourth-order valence-corrected chi connectivity index (χ4v) is 2.94. The average Bonchev–Trinajstić information content (AvgIpc) is 2.58. The molecule has 1 fully saturated rings. The molecule has 0 atom stereocenters. The van der Waals surface area contributed by atoms with Gasteiger partial charge in [-0.15, -0.1) is 0 Å². The number of nitrogens with zero attached hydrogens (tertiary/aromatic N) is 4. The van der Waals surface area contributed by atoms with Crippen LogP contribution in [0.25, 0.3) is 0 Å². The van der Waals surface area contributed by atoms with Gasteiger partial charge in [-0.3, -0.25) is 9.69 Å². The highest BCUT2D eigenvalue weighted by molar-refractivity contribution is 6.32. The molecule has 1 aliphatic heterocycles. The molecule has 0 aliphatic carbocycles. The van der Waals surface area contributed by atoms with Crippen molar-refractivity contribution >= 4 is 40.6 Å². The summed E-state index contributed by atoms with van der Waals surface area (Å²) in [4.78, 5) is 24.5. The Kier molecular flexibility index (Phi) is 5.50. The summed E-state index contributed by atoms with van der Waals surface area (Å²) in [6.07, 6.45) is 3.09. The standard InChI is InChI=1S/C16H17Cl2N5O/c17-12-1-3-13(4-2-12)21-15(24)10-22-5-7-23(8-6-22)16-14(18)9-19-11-20-16/h1-4,9,11H,5-8,10H2,(H,21,24). The predicted molar refractivity (Wildman–Crippen MR) is 95.8 cm³/mol. The number of halogens is 2. The van der Waals surface area contributed by atoms with Crippen molar-refractivity contribution in [2.45, 2.75) is 0 Å². The van der Waals surface area contributed by atoms with Crippen LogP contribution in [-0.4, -0.2) is 53.5 Å². The number of hydrogen-bond acceptors (Lipinski definition) is 5. The minimum Gasteiger partial charge on any atom is -0.353 e. The predicted octanol–water partition coefficient (Wildman–Crippen LogP) is 2.54. The summed E-state index contributed by atoms with van der Waals surface area (Å²) in [5.41, 5.74) is 0.746. The maximum Gasteiger partial charge on any atom is 0.238 e. The van der Waals surface area contributed by atoms with Crippen molar-refractivity contribution in [1.29, 1.82) is 0 Å². The van der Waals surface area contributed by atoms with Gasteiger partial charge in [0.05, 0.1) is 12.7 Å². The van der Waals surface area contributed by atoms with E-state index in [1.807, 2.05) is 0 Å². The molecular formula is C16H17Cl2N5O. The number of aromatic nitrogens is 2. The van der Waals surface area contributed by atoms with Crippen molar-refractivity contribution in [1.82, 2.24) is 14.9 Å². The van der Waals surface area contributed by atoms with E-state index in [1.165, 1.54) is 6.33 Å². The van der Waals surface area contributed by atoms with Crippen molar-refractivity contribution in [3.05, 3.63) is 46.8 Å². The SMILES string of the molecule is O=C(CN1CCN(c2ncncc2Cl)CC1)Nc1ccc(Cl)cc1. The van der Waals surface area contributed by atoms with E-state index < -0.39 is 0 Å². The number of anilines is 2. The lowest BCUT2D eigenvalue weighted by atomic mass is 10.3. The van der Waals surface area contributed by atoms with Crippen LogP contribution in [0.1, 0.15) is 0 Å². The van der Waals surface area contributed by atoms with E-state index >= 15 is 0 Å². The molecule has 1 saturated heterocycles. The lowest BCUT2D eigenvalue weighted by molar-refractivity contribution is -0.117. The van der Waals surface area contributed by atoms with Gasteiger partial charge in [0.15, 0.2) is 5.82 Å². The van der Waals surface area contributed by atoms with Gasteiger partial charge in [-0.1, -0.05) is 23.2 Å². The molecule has 1 N–H and O–H groups in total. The van der Waals surface area contributed by atoms with E-state index in [-0.39, 0.29) is 5.91 Å². The van der Waals surface area contributed by atoms with Gasteiger partial charge in [-0.05, 0) is 24.3 Å². The Morgan fingerprint density at radius 3 is 2.50 bits per heavy atom. The summed E-state index contributed by atoms with van der Waals surface area (Å²) in [6.45, 7) is 3.44. The Morgan fingerprint density at radius 1 is 1.12 bits per heavy atom. The molecule has 0 spiro atoms. The van der Waals surface area contributed by atoms with Crippen molar-refractivity contribution in [2.24, 2.45) is 0 Å². The van der Waals surface area contributed by atoms with Crippen LogP contribution in [0.3, 0.4) is 0 Å². The molecule has 126 valence electrons. The Bertz CT molecular complexity index is 702. The lowest BCUT2D eigenvalue weighted by Gasteiger charge is -2.35. The zero-order chi connectivity index (χ0) is 16.9. The lowest BCUT2D eigenvalue weighted by Crippen LogP contribution is -2.49. The van der Waals surface area contributed by atoms with Crippen LogP contribution >= 0.6 is 23.2 Å². The maximum absolute atomic E-state index is 12.1. The van der Waals surface area contributed by atoms with Gasteiger partial charge in [0.25, 0.3) is 0 Å². The Balaban J connectivity index is 1.49. The molecule has 2 aromatic rings. The van der Waals surface area contributed by atoms with E-state index in [2.05, 4.69) is 25.1 Å². The summed E-state index contributed by atoms with van der Waals surface area (Å²) >= 11 is 12.0. The highest BCUT2D eigenvalue weighted by Crippen LogP contribution is 2.22. The Morgan fingerprint density at radius 2 is 1.83 bits per heavy atom. The van der Waals surface area contributed by atoms with Crippen LogP contribution in [0.15, 0.2) is 36.8 Å². The molecule has 1 aromatic heterocycles. The van der Waals surface area contributed by atoms with E-state index in [1.54, 1.807) is 30.5 Å². The third-order valence-corrected chi connectivity index (χ3v) is 4.33. The number of hydrogen-bond donors (Lipinski definition) is 1. The third kappa shape index (κ3) is 4.35. The van der Waals surface area contributed by atoms with E-state index in [4.69, 9.17) is 23.2 Å². The minimum atomic E-state index is -0.0363. The number of nitrogens with one attached hydrogen (secondary N) is 1. The molecule has 0 radical (unpaired) electrons. The smallest absolute Gasteiger partial charge is 0.238 e. The number of benzene rings is 1. The van der Waals surface area contributed by atoms with Gasteiger partial charge < -0.3 is 10.2 Å². The Labute approximate surface area is 150 Å². The molecule has 0 bridgehead atoms. The molecular weight excluding hydrogens is 349 g/mol. The summed E-state index contributed by atoms with van der Waals surface area (Å²) in [5.74, 6) is 0.711. The van der Waals surface area contributed by atoms with Gasteiger partial charge in [0, 0.05) is 36.9 Å². The fraction of sp³-hybridized carbons (Fsp3) is 0.312. The largest absolute Gasteiger partial charge is 0.353 e. The van der Waals surface area contributed by atoms with Gasteiger partial charge in [0.2, 0.25) is 5.91 Å². The van der Waals surface area contributed by atoms with E-state index in [9.17, 15) is 4.79 Å². The summed E-state index contributed by atoms with van der Waals surface area (Å²) in [6, 6.07) is 7.08. The number of piperazine rings is 1. The molecule has 2 heterocycles. The molecule has 0 saturated carbocycles. The number of carbonyl (C=O) groups is 1. The summed E-state index contributed by atoms with van der Waals surface area (Å²) < 4.78 is 0. The van der Waals surface area contributed by atoms with Gasteiger partial charge >= 0.3 is 0 Å². The van der Waals surface area contributed by atoms with Crippen molar-refractivity contribution in [3.63, 3.8) is 0 Å². The Hall–Kier alpha value is -1.89. The molecule has 1 amide bonds. The van der Waals surface area contributed by atoms with Crippen molar-refractivity contribution in [2.75, 3.05) is 42.9 Å². The normalized spacial score (nSPS) is 15.3. The number of amides is 1. The van der Waals surface area contributed by atoms with Crippen LogP contribution in [0, 0.1) is 0 Å². The van der Waals surface area contributed by atoms with Crippen molar-refractivity contribution < 1.29 is 4.79 Å². The van der Waals surface area contributed by atoms with Crippen molar-refractivity contribution in [3.8, 4) is 0 Å². The van der Waals surface area contributed by atoms with E-state index in [0.717, 1.165) is 37.7 Å². The molecule has 24 heavy (non-hydrogen) atoms. The molecule has 3 rings (SSSR count). The zero-order valence-corrected chi connectivity index (χ0v) is 14.5. The van der Waals surface area contributed by atoms with Gasteiger partial charge in [-0.2, -0.15) is 0 Å². The third-order valence-electron chi connectivity index (χ3n) is 3.82. The number of rotatable bonds is 4. The van der Waals surface area contributed by atoms with Crippen LogP contribution in [0.4, 0.5) is 11.5 Å². The summed E-state index contributed by atoms with van der Waals surface area (Å²) in [7, 11) is 0. The zero-order valence-electron chi connectivity index (χ0n) is 13.0. The fourth-order valence-electron chi connectivity index (χ4n) is 2.59. The minimum absolute atomic E-state index is 0.0363. The van der Waals surface area contributed by atoms with Gasteiger partial charge in [0.1, 0.15) is 11.3 Å². The second kappa shape index (κ2) is 7.79. The summed E-state index contributed by atoms with van der Waals surface area (Å²) in [5, 5.41) is 4.07. The molecule has 0 unspecified atom stereocenters. The molecule has 6 nitrogen and oxygen atoms in total.